The minimum atomic E-state index is -0.0995. The average molecular weight is 705 g/mol. The SMILES string of the molecule is N=C(N=C(N=Cc1ccc(C2(c3ccc(-c4nc(-c5ccccc5)nc(-c5ccccn5)n4)cc3)CCCCC2)cc1)c1ccccn1)C1=CC=CCC1. The van der Waals surface area contributed by atoms with Gasteiger partial charge in [-0.15, -0.1) is 0 Å². The molecule has 0 bridgehead atoms. The van der Waals surface area contributed by atoms with E-state index in [9.17, 15) is 0 Å². The van der Waals surface area contributed by atoms with Crippen molar-refractivity contribution >= 4 is 17.9 Å². The Morgan fingerprint density at radius 2 is 1.30 bits per heavy atom. The van der Waals surface area contributed by atoms with Crippen LogP contribution < -0.4 is 0 Å². The monoisotopic (exact) mass is 704 g/mol. The fourth-order valence-electron chi connectivity index (χ4n) is 7.32. The van der Waals surface area contributed by atoms with Crippen molar-refractivity contribution in [2.45, 2.75) is 50.4 Å². The minimum Gasteiger partial charge on any atom is -0.283 e. The molecule has 264 valence electrons. The van der Waals surface area contributed by atoms with Crippen molar-refractivity contribution in [2.24, 2.45) is 9.98 Å². The average Bonchev–Trinajstić information content (AvgIpc) is 3.26. The van der Waals surface area contributed by atoms with Crippen LogP contribution in [0.5, 0.6) is 0 Å². The van der Waals surface area contributed by atoms with Crippen LogP contribution in [0.15, 0.2) is 161 Å². The fourth-order valence-corrected chi connectivity index (χ4v) is 7.32. The van der Waals surface area contributed by atoms with Crippen molar-refractivity contribution in [1.82, 2.24) is 24.9 Å². The first-order valence-corrected chi connectivity index (χ1v) is 18.6. The summed E-state index contributed by atoms with van der Waals surface area (Å²) in [4.78, 5) is 33.0. The molecule has 0 atom stereocenters. The number of allylic oxidation sites excluding steroid dienone is 3. The molecule has 2 aliphatic carbocycles. The molecule has 8 heteroatoms. The molecule has 1 N–H and O–H groups in total. The van der Waals surface area contributed by atoms with Crippen LogP contribution >= 0.6 is 0 Å². The highest BCUT2D eigenvalue weighted by Gasteiger charge is 2.35. The van der Waals surface area contributed by atoms with Crippen molar-refractivity contribution in [3.63, 3.8) is 0 Å². The number of aromatic nitrogens is 5. The summed E-state index contributed by atoms with van der Waals surface area (Å²) >= 11 is 0. The van der Waals surface area contributed by atoms with Crippen LogP contribution in [0.2, 0.25) is 0 Å². The van der Waals surface area contributed by atoms with Gasteiger partial charge in [-0.1, -0.05) is 128 Å². The molecule has 3 heterocycles. The largest absolute Gasteiger partial charge is 0.283 e. The van der Waals surface area contributed by atoms with Gasteiger partial charge in [0.15, 0.2) is 23.3 Å². The standard InChI is InChI=1S/C46H40N8/c47-41(34-14-4-1-5-15-34)51-44(39-18-8-12-30-48-39)50-32-33-20-24-37(25-21-33)46(28-10-3-11-29-46)38-26-22-36(23-27-38)43-52-42(35-16-6-2-7-17-35)53-45(54-43)40-19-9-13-31-49-40/h1-2,4,6-9,12-14,16-27,30-32,47H,3,5,10-11,15,28-29H2. The number of nitrogens with one attached hydrogen (secondary N) is 1. The van der Waals surface area contributed by atoms with E-state index in [2.05, 4.69) is 69.6 Å². The van der Waals surface area contributed by atoms with Gasteiger partial charge < -0.3 is 0 Å². The molecule has 6 aromatic rings. The predicted molar refractivity (Wildman–Crippen MR) is 217 cm³/mol. The highest BCUT2D eigenvalue weighted by atomic mass is 15.0. The van der Waals surface area contributed by atoms with Gasteiger partial charge >= 0.3 is 0 Å². The van der Waals surface area contributed by atoms with Crippen molar-refractivity contribution < 1.29 is 0 Å². The molecule has 3 aromatic heterocycles. The predicted octanol–water partition coefficient (Wildman–Crippen LogP) is 10.0. The van der Waals surface area contributed by atoms with Gasteiger partial charge in [-0.25, -0.2) is 24.9 Å². The Bertz CT molecular complexity index is 2280. The van der Waals surface area contributed by atoms with Gasteiger partial charge in [0.25, 0.3) is 0 Å². The lowest BCUT2D eigenvalue weighted by Crippen LogP contribution is -2.30. The Hall–Kier alpha value is -6.54. The van der Waals surface area contributed by atoms with Crippen LogP contribution in [0.4, 0.5) is 0 Å². The van der Waals surface area contributed by atoms with E-state index in [1.54, 1.807) is 12.4 Å². The number of amidine groups is 2. The number of nitrogens with zero attached hydrogens (tertiary/aromatic N) is 7. The summed E-state index contributed by atoms with van der Waals surface area (Å²) in [5, 5.41) is 8.64. The zero-order chi connectivity index (χ0) is 36.6. The van der Waals surface area contributed by atoms with Crippen molar-refractivity contribution in [3.05, 3.63) is 174 Å². The zero-order valence-electron chi connectivity index (χ0n) is 30.0. The minimum absolute atomic E-state index is 0.0995. The highest BCUT2D eigenvalue weighted by molar-refractivity contribution is 6.12. The second kappa shape index (κ2) is 16.0. The molecule has 54 heavy (non-hydrogen) atoms. The molecular weight excluding hydrogens is 665 g/mol. The van der Waals surface area contributed by atoms with E-state index in [0.29, 0.717) is 34.7 Å². The molecule has 0 aliphatic heterocycles. The third kappa shape index (κ3) is 7.64. The lowest BCUT2D eigenvalue weighted by atomic mass is 9.65. The quantitative estimate of drug-likeness (QED) is 0.125. The molecular formula is C46H40N8. The number of pyridine rings is 2. The van der Waals surface area contributed by atoms with Gasteiger partial charge in [-0.05, 0) is 72.2 Å². The van der Waals surface area contributed by atoms with Crippen LogP contribution in [-0.4, -0.2) is 42.8 Å². The van der Waals surface area contributed by atoms with E-state index >= 15 is 0 Å². The van der Waals surface area contributed by atoms with E-state index in [-0.39, 0.29) is 11.3 Å². The van der Waals surface area contributed by atoms with Gasteiger partial charge in [-0.2, -0.15) is 0 Å². The van der Waals surface area contributed by atoms with Crippen LogP contribution in [0.3, 0.4) is 0 Å². The topological polar surface area (TPSA) is 113 Å². The lowest BCUT2D eigenvalue weighted by molar-refractivity contribution is 0.346. The fraction of sp³-hybridized carbons (Fsp3) is 0.174. The first-order chi connectivity index (χ1) is 26.6. The second-order valence-electron chi connectivity index (χ2n) is 13.6. The Morgan fingerprint density at radius 3 is 1.94 bits per heavy atom. The van der Waals surface area contributed by atoms with Gasteiger partial charge in [0, 0.05) is 35.2 Å². The van der Waals surface area contributed by atoms with Crippen LogP contribution in [0.1, 0.15) is 67.3 Å². The summed E-state index contributed by atoms with van der Waals surface area (Å²) in [6.07, 6.45) is 18.8. The Morgan fingerprint density at radius 1 is 0.648 bits per heavy atom. The molecule has 8 rings (SSSR count). The Balaban J connectivity index is 1.09. The molecule has 2 aliphatic rings. The van der Waals surface area contributed by atoms with Crippen molar-refractivity contribution in [2.75, 3.05) is 0 Å². The van der Waals surface area contributed by atoms with Crippen LogP contribution in [-0.2, 0) is 5.41 Å². The van der Waals surface area contributed by atoms with E-state index in [1.165, 1.54) is 30.4 Å². The number of hydrogen-bond acceptors (Lipinski definition) is 6. The normalized spacial score (nSPS) is 15.6. The molecule has 3 aromatic carbocycles. The van der Waals surface area contributed by atoms with Crippen LogP contribution in [0, 0.1) is 5.41 Å². The molecule has 0 saturated heterocycles. The van der Waals surface area contributed by atoms with Gasteiger partial charge in [-0.3, -0.25) is 15.4 Å². The van der Waals surface area contributed by atoms with E-state index < -0.39 is 0 Å². The summed E-state index contributed by atoms with van der Waals surface area (Å²) < 4.78 is 0. The summed E-state index contributed by atoms with van der Waals surface area (Å²) in [5.74, 6) is 2.43. The molecule has 0 unspecified atom stereocenters. The maximum absolute atomic E-state index is 8.64. The second-order valence-corrected chi connectivity index (χ2v) is 13.6. The summed E-state index contributed by atoms with van der Waals surface area (Å²) in [6, 6.07) is 39.0. The molecule has 0 spiro atoms. The molecule has 8 nitrogen and oxygen atoms in total. The van der Waals surface area contributed by atoms with Crippen molar-refractivity contribution in [1.29, 1.82) is 5.41 Å². The number of aliphatic imine (C=N–C) groups is 2. The third-order valence-electron chi connectivity index (χ3n) is 10.2. The summed E-state index contributed by atoms with van der Waals surface area (Å²) in [7, 11) is 0. The molecule has 1 saturated carbocycles. The number of benzene rings is 3. The lowest BCUT2D eigenvalue weighted by Gasteiger charge is -2.39. The maximum Gasteiger partial charge on any atom is 0.182 e. The molecule has 0 radical (unpaired) electrons. The number of rotatable bonds is 8. The summed E-state index contributed by atoms with van der Waals surface area (Å²) in [5.41, 5.74) is 7.56. The zero-order valence-corrected chi connectivity index (χ0v) is 30.0. The van der Waals surface area contributed by atoms with E-state index in [0.717, 1.165) is 47.9 Å². The van der Waals surface area contributed by atoms with Crippen molar-refractivity contribution in [3.8, 4) is 34.3 Å². The first kappa shape index (κ1) is 34.5. The summed E-state index contributed by atoms with van der Waals surface area (Å²) in [6.45, 7) is 0. The van der Waals surface area contributed by atoms with E-state index in [1.807, 2.05) is 85.1 Å². The van der Waals surface area contributed by atoms with E-state index in [4.69, 9.17) is 25.4 Å². The van der Waals surface area contributed by atoms with Gasteiger partial charge in [0.1, 0.15) is 17.2 Å². The van der Waals surface area contributed by atoms with Crippen LogP contribution in [0.25, 0.3) is 34.3 Å². The number of hydrogen-bond donors (Lipinski definition) is 1. The first-order valence-electron chi connectivity index (χ1n) is 18.6. The Kier molecular flexibility index (Phi) is 10.2. The highest BCUT2D eigenvalue weighted by Crippen LogP contribution is 2.45. The third-order valence-corrected chi connectivity index (χ3v) is 10.2. The Labute approximate surface area is 315 Å². The van der Waals surface area contributed by atoms with Gasteiger partial charge in [0.05, 0.1) is 0 Å². The molecule has 0 amide bonds. The maximum atomic E-state index is 8.64. The molecule has 1 fully saturated rings. The van der Waals surface area contributed by atoms with Gasteiger partial charge in [0.2, 0.25) is 0 Å². The smallest absolute Gasteiger partial charge is 0.182 e.